The third kappa shape index (κ3) is 5.35. The lowest BCUT2D eigenvalue weighted by Crippen LogP contribution is -2.47. The number of hydrogen-bond donors (Lipinski definition) is 1. The SMILES string of the molecule is Cc1ccc(C)c(NC(=O)CSc2nccnc2N2CCN(c3ccccc3)CC2)c1. The van der Waals surface area contributed by atoms with Crippen molar-refractivity contribution in [1.29, 1.82) is 0 Å². The number of thioether (sulfide) groups is 1. The van der Waals surface area contributed by atoms with Gasteiger partial charge in [-0.2, -0.15) is 0 Å². The smallest absolute Gasteiger partial charge is 0.234 e. The van der Waals surface area contributed by atoms with E-state index >= 15 is 0 Å². The van der Waals surface area contributed by atoms with E-state index in [1.54, 1.807) is 12.4 Å². The molecule has 0 spiro atoms. The van der Waals surface area contributed by atoms with Gasteiger partial charge in [0, 0.05) is 49.9 Å². The average Bonchev–Trinajstić information content (AvgIpc) is 2.81. The highest BCUT2D eigenvalue weighted by atomic mass is 32.2. The standard InChI is InChI=1S/C24H27N5OS/c1-18-8-9-19(2)21(16-18)27-22(30)17-31-24-23(25-10-11-26-24)29-14-12-28(13-15-29)20-6-4-3-5-7-20/h3-11,16H,12-15,17H2,1-2H3,(H,27,30). The van der Waals surface area contributed by atoms with Gasteiger partial charge >= 0.3 is 0 Å². The second-order valence-electron chi connectivity index (χ2n) is 7.65. The summed E-state index contributed by atoms with van der Waals surface area (Å²) in [5.41, 5.74) is 4.29. The Morgan fingerprint density at radius 2 is 1.68 bits per heavy atom. The van der Waals surface area contributed by atoms with Crippen LogP contribution in [0.1, 0.15) is 11.1 Å². The molecule has 1 aromatic heterocycles. The van der Waals surface area contributed by atoms with E-state index in [1.165, 1.54) is 17.4 Å². The molecule has 1 saturated heterocycles. The van der Waals surface area contributed by atoms with Crippen molar-refractivity contribution in [2.24, 2.45) is 0 Å². The normalized spacial score (nSPS) is 13.9. The fourth-order valence-electron chi connectivity index (χ4n) is 3.64. The fraction of sp³-hybridized carbons (Fsp3) is 0.292. The van der Waals surface area contributed by atoms with E-state index in [0.717, 1.165) is 53.8 Å². The quantitative estimate of drug-likeness (QED) is 0.589. The Kier molecular flexibility index (Phi) is 6.72. The first kappa shape index (κ1) is 21.2. The maximum Gasteiger partial charge on any atom is 0.234 e. The van der Waals surface area contributed by atoms with Gasteiger partial charge in [0.05, 0.1) is 5.75 Å². The van der Waals surface area contributed by atoms with Crippen molar-refractivity contribution in [2.75, 3.05) is 47.0 Å². The molecule has 4 rings (SSSR count). The number of nitrogens with one attached hydrogen (secondary N) is 1. The van der Waals surface area contributed by atoms with Crippen molar-refractivity contribution in [3.05, 3.63) is 72.1 Å². The highest BCUT2D eigenvalue weighted by molar-refractivity contribution is 8.00. The maximum absolute atomic E-state index is 12.5. The molecule has 0 atom stereocenters. The minimum atomic E-state index is -0.0378. The molecule has 7 heteroatoms. The van der Waals surface area contributed by atoms with E-state index in [2.05, 4.69) is 49.4 Å². The number of rotatable bonds is 6. The molecule has 6 nitrogen and oxygen atoms in total. The lowest BCUT2D eigenvalue weighted by molar-refractivity contribution is -0.113. The topological polar surface area (TPSA) is 61.4 Å². The van der Waals surface area contributed by atoms with Crippen LogP contribution in [0.25, 0.3) is 0 Å². The Bertz CT molecular complexity index is 1040. The number of anilines is 3. The van der Waals surface area contributed by atoms with Gasteiger partial charge in [-0.15, -0.1) is 0 Å². The van der Waals surface area contributed by atoms with E-state index in [0.29, 0.717) is 5.75 Å². The summed E-state index contributed by atoms with van der Waals surface area (Å²) in [6.07, 6.45) is 3.41. The third-order valence-electron chi connectivity index (χ3n) is 5.35. The molecular weight excluding hydrogens is 406 g/mol. The Labute approximate surface area is 187 Å². The van der Waals surface area contributed by atoms with E-state index < -0.39 is 0 Å². The van der Waals surface area contributed by atoms with Crippen molar-refractivity contribution in [2.45, 2.75) is 18.9 Å². The van der Waals surface area contributed by atoms with Crippen molar-refractivity contribution in [1.82, 2.24) is 9.97 Å². The van der Waals surface area contributed by atoms with Crippen molar-refractivity contribution in [3.63, 3.8) is 0 Å². The first-order valence-electron chi connectivity index (χ1n) is 10.5. The van der Waals surface area contributed by atoms with Crippen LogP contribution < -0.4 is 15.1 Å². The molecule has 160 valence electrons. The van der Waals surface area contributed by atoms with Crippen molar-refractivity contribution < 1.29 is 4.79 Å². The van der Waals surface area contributed by atoms with Crippen LogP contribution in [0, 0.1) is 13.8 Å². The number of para-hydroxylation sites is 1. The second kappa shape index (κ2) is 9.83. The number of benzene rings is 2. The van der Waals surface area contributed by atoms with Gasteiger partial charge in [-0.25, -0.2) is 9.97 Å². The highest BCUT2D eigenvalue weighted by Crippen LogP contribution is 2.28. The average molecular weight is 434 g/mol. The van der Waals surface area contributed by atoms with Gasteiger partial charge < -0.3 is 15.1 Å². The van der Waals surface area contributed by atoms with Gasteiger partial charge in [-0.1, -0.05) is 42.1 Å². The van der Waals surface area contributed by atoms with E-state index in [9.17, 15) is 4.79 Å². The van der Waals surface area contributed by atoms with Crippen LogP contribution in [0.15, 0.2) is 66.0 Å². The molecule has 1 fully saturated rings. The first-order valence-corrected chi connectivity index (χ1v) is 11.4. The predicted octanol–water partition coefficient (Wildman–Crippen LogP) is 4.15. The Balaban J connectivity index is 1.36. The lowest BCUT2D eigenvalue weighted by Gasteiger charge is -2.37. The molecule has 1 N–H and O–H groups in total. The molecule has 0 unspecified atom stereocenters. The number of nitrogens with zero attached hydrogens (tertiary/aromatic N) is 4. The van der Waals surface area contributed by atoms with Gasteiger partial charge in [0.25, 0.3) is 0 Å². The van der Waals surface area contributed by atoms with Crippen molar-refractivity contribution in [3.8, 4) is 0 Å². The van der Waals surface area contributed by atoms with Gasteiger partial charge in [0.15, 0.2) is 5.82 Å². The molecule has 0 radical (unpaired) electrons. The summed E-state index contributed by atoms with van der Waals surface area (Å²) in [5, 5.41) is 3.81. The first-order chi connectivity index (χ1) is 15.1. The number of carbonyl (C=O) groups excluding carboxylic acids is 1. The number of aromatic nitrogens is 2. The summed E-state index contributed by atoms with van der Waals surface area (Å²) >= 11 is 1.43. The molecular formula is C24H27N5OS. The summed E-state index contributed by atoms with van der Waals surface area (Å²) in [7, 11) is 0. The molecule has 1 aliphatic heterocycles. The third-order valence-corrected chi connectivity index (χ3v) is 6.32. The van der Waals surface area contributed by atoms with Crippen LogP contribution in [-0.2, 0) is 4.79 Å². The Morgan fingerprint density at radius 3 is 2.45 bits per heavy atom. The molecule has 2 heterocycles. The van der Waals surface area contributed by atoms with Gasteiger partial charge in [-0.3, -0.25) is 4.79 Å². The Hall–Kier alpha value is -3.06. The number of hydrogen-bond acceptors (Lipinski definition) is 6. The van der Waals surface area contributed by atoms with Gasteiger partial charge in [0.2, 0.25) is 5.91 Å². The molecule has 3 aromatic rings. The highest BCUT2D eigenvalue weighted by Gasteiger charge is 2.21. The molecule has 2 aromatic carbocycles. The maximum atomic E-state index is 12.5. The van der Waals surface area contributed by atoms with E-state index in [4.69, 9.17) is 0 Å². The molecule has 0 bridgehead atoms. The van der Waals surface area contributed by atoms with Crippen molar-refractivity contribution >= 4 is 34.9 Å². The molecule has 31 heavy (non-hydrogen) atoms. The Morgan fingerprint density at radius 1 is 0.968 bits per heavy atom. The summed E-state index contributed by atoms with van der Waals surface area (Å²) in [6, 6.07) is 16.5. The van der Waals surface area contributed by atoms with Crippen LogP contribution in [0.3, 0.4) is 0 Å². The monoisotopic (exact) mass is 433 g/mol. The van der Waals surface area contributed by atoms with E-state index in [-0.39, 0.29) is 5.91 Å². The molecule has 1 aliphatic rings. The molecule has 1 amide bonds. The second-order valence-corrected chi connectivity index (χ2v) is 8.61. The number of piperazine rings is 1. The fourth-order valence-corrected chi connectivity index (χ4v) is 4.43. The summed E-state index contributed by atoms with van der Waals surface area (Å²) in [6.45, 7) is 7.62. The number of aryl methyl sites for hydroxylation is 2. The lowest BCUT2D eigenvalue weighted by atomic mass is 10.1. The predicted molar refractivity (Wildman–Crippen MR) is 128 cm³/mol. The van der Waals surface area contributed by atoms with Gasteiger partial charge in [-0.05, 0) is 43.2 Å². The zero-order chi connectivity index (χ0) is 21.6. The van der Waals surface area contributed by atoms with Crippen LogP contribution in [-0.4, -0.2) is 47.8 Å². The zero-order valence-corrected chi connectivity index (χ0v) is 18.7. The van der Waals surface area contributed by atoms with Crippen LogP contribution >= 0.6 is 11.8 Å². The minimum absolute atomic E-state index is 0.0378. The van der Waals surface area contributed by atoms with Crippen LogP contribution in [0.5, 0.6) is 0 Å². The summed E-state index contributed by atoms with van der Waals surface area (Å²) in [4.78, 5) is 26.3. The minimum Gasteiger partial charge on any atom is -0.368 e. The van der Waals surface area contributed by atoms with Crippen LogP contribution in [0.4, 0.5) is 17.2 Å². The van der Waals surface area contributed by atoms with Gasteiger partial charge in [0.1, 0.15) is 5.03 Å². The van der Waals surface area contributed by atoms with Crippen LogP contribution in [0.2, 0.25) is 0 Å². The summed E-state index contributed by atoms with van der Waals surface area (Å²) in [5.74, 6) is 1.12. The molecule has 0 aliphatic carbocycles. The molecule has 0 saturated carbocycles. The zero-order valence-electron chi connectivity index (χ0n) is 17.9. The summed E-state index contributed by atoms with van der Waals surface area (Å²) < 4.78 is 0. The number of amides is 1. The largest absolute Gasteiger partial charge is 0.368 e. The number of carbonyl (C=O) groups is 1. The van der Waals surface area contributed by atoms with E-state index in [1.807, 2.05) is 38.1 Å².